The molecule has 2 N–H and O–H groups in total. The highest BCUT2D eigenvalue weighted by atomic mass is 16.7. The molecule has 2 rings (SSSR count). The minimum Gasteiger partial charge on any atom is -0.369 e. The molecule has 0 aromatic carbocycles. The van der Waals surface area contributed by atoms with Gasteiger partial charge in [-0.2, -0.15) is 10.2 Å². The van der Waals surface area contributed by atoms with Crippen molar-refractivity contribution < 1.29 is 14.4 Å². The Morgan fingerprint density at radius 2 is 2.35 bits per heavy atom. The Labute approximate surface area is 134 Å². The second-order valence-electron chi connectivity index (χ2n) is 5.38. The zero-order valence-corrected chi connectivity index (χ0v) is 13.1. The van der Waals surface area contributed by atoms with Gasteiger partial charge in [-0.3, -0.25) is 9.63 Å². The number of hydroxylamine groups is 2. The van der Waals surface area contributed by atoms with Gasteiger partial charge in [0.25, 0.3) is 0 Å². The summed E-state index contributed by atoms with van der Waals surface area (Å²) in [5, 5.41) is 5.57. The minimum absolute atomic E-state index is 0.0571. The Bertz CT molecular complexity index is 624. The fourth-order valence-corrected chi connectivity index (χ4v) is 2.35. The maximum absolute atomic E-state index is 12.3. The van der Waals surface area contributed by atoms with E-state index in [1.165, 1.54) is 5.06 Å². The molecule has 124 valence electrons. The van der Waals surface area contributed by atoms with Crippen LogP contribution in [0.15, 0.2) is 31.5 Å². The highest BCUT2D eigenvalue weighted by Crippen LogP contribution is 2.18. The number of hydrogen-bond donors (Lipinski definition) is 1. The van der Waals surface area contributed by atoms with Crippen molar-refractivity contribution in [1.82, 2.24) is 19.7 Å². The van der Waals surface area contributed by atoms with E-state index in [4.69, 9.17) is 10.6 Å². The molecule has 8 nitrogen and oxygen atoms in total. The molecule has 0 saturated carbocycles. The molecular formula is C15H21N5O3. The third-order valence-corrected chi connectivity index (χ3v) is 3.37. The van der Waals surface area contributed by atoms with Crippen LogP contribution >= 0.6 is 0 Å². The topological polar surface area (TPSA) is 93.7 Å². The van der Waals surface area contributed by atoms with Gasteiger partial charge >= 0.3 is 6.03 Å². The maximum Gasteiger partial charge on any atom is 0.344 e. The van der Waals surface area contributed by atoms with E-state index in [0.717, 1.165) is 0 Å². The van der Waals surface area contributed by atoms with Crippen molar-refractivity contribution in [2.45, 2.75) is 19.4 Å². The van der Waals surface area contributed by atoms with Crippen molar-refractivity contribution in [3.63, 3.8) is 0 Å². The van der Waals surface area contributed by atoms with Crippen LogP contribution in [0.3, 0.4) is 0 Å². The Kier molecular flexibility index (Phi) is 5.17. The van der Waals surface area contributed by atoms with Gasteiger partial charge in [-0.25, -0.2) is 9.48 Å². The molecule has 23 heavy (non-hydrogen) atoms. The van der Waals surface area contributed by atoms with Gasteiger partial charge in [0.15, 0.2) is 0 Å². The summed E-state index contributed by atoms with van der Waals surface area (Å²) in [6, 6.07) is 1.42. The lowest BCUT2D eigenvalue weighted by molar-refractivity contribution is -0.117. The van der Waals surface area contributed by atoms with E-state index in [2.05, 4.69) is 18.3 Å². The van der Waals surface area contributed by atoms with Crippen molar-refractivity contribution in [3.8, 4) is 0 Å². The number of nitrogens with two attached hydrogens (primary N) is 1. The molecule has 0 radical (unpaired) electrons. The fraction of sp³-hybridized carbons (Fsp3) is 0.400. The van der Waals surface area contributed by atoms with Gasteiger partial charge in [0.2, 0.25) is 5.91 Å². The van der Waals surface area contributed by atoms with E-state index in [-0.39, 0.29) is 25.1 Å². The molecule has 1 saturated heterocycles. The highest BCUT2D eigenvalue weighted by Gasteiger charge is 2.35. The van der Waals surface area contributed by atoms with Gasteiger partial charge in [-0.05, 0) is 13.0 Å². The Hall–Kier alpha value is -2.61. The minimum atomic E-state index is -0.445. The lowest BCUT2D eigenvalue weighted by Gasteiger charge is -2.19. The van der Waals surface area contributed by atoms with Crippen LogP contribution in [0.25, 0.3) is 5.70 Å². The monoisotopic (exact) mass is 319 g/mol. The summed E-state index contributed by atoms with van der Waals surface area (Å²) in [5.41, 5.74) is 6.32. The first kappa shape index (κ1) is 16.8. The molecule has 1 aromatic heterocycles. The molecular weight excluding hydrogens is 298 g/mol. The van der Waals surface area contributed by atoms with E-state index in [9.17, 15) is 9.59 Å². The predicted molar refractivity (Wildman–Crippen MR) is 84.9 cm³/mol. The first-order valence-corrected chi connectivity index (χ1v) is 7.25. The molecule has 3 amide bonds. The number of amides is 3. The summed E-state index contributed by atoms with van der Waals surface area (Å²) in [4.78, 5) is 30.2. The summed E-state index contributed by atoms with van der Waals surface area (Å²) < 4.78 is 1.55. The number of hydrogen-bond acceptors (Lipinski definition) is 4. The average molecular weight is 319 g/mol. The highest BCUT2D eigenvalue weighted by molar-refractivity contribution is 5.77. The smallest absolute Gasteiger partial charge is 0.344 e. The number of primary amides is 1. The SMILES string of the molecule is C=CCON1C(=O)N(CC(=C)n2ccc(CC(N)=O)n2)CC1C. The van der Waals surface area contributed by atoms with Crippen LogP contribution in [0.4, 0.5) is 4.79 Å². The first-order valence-electron chi connectivity index (χ1n) is 7.25. The molecule has 0 spiro atoms. The third kappa shape index (κ3) is 3.98. The first-order chi connectivity index (χ1) is 10.9. The van der Waals surface area contributed by atoms with Crippen molar-refractivity contribution >= 4 is 17.6 Å². The second-order valence-corrected chi connectivity index (χ2v) is 5.38. The van der Waals surface area contributed by atoms with Gasteiger partial charge < -0.3 is 10.6 Å². The number of aromatic nitrogens is 2. The molecule has 2 heterocycles. The Morgan fingerprint density at radius 1 is 1.61 bits per heavy atom. The summed E-state index contributed by atoms with van der Waals surface area (Å²) in [6.45, 7) is 10.5. The van der Waals surface area contributed by atoms with Crippen molar-refractivity contribution in [2.75, 3.05) is 19.7 Å². The standard InChI is InChI=1S/C15H21N5O3/c1-4-7-23-20-12(3)10-18(15(20)22)9-11(2)19-6-5-13(17-19)8-14(16)21/h4-6,12H,1-2,7-10H2,3H3,(H2,16,21). The second kappa shape index (κ2) is 7.10. The molecule has 0 bridgehead atoms. The normalized spacial score (nSPS) is 17.6. The number of carbonyl (C=O) groups is 2. The van der Waals surface area contributed by atoms with E-state index >= 15 is 0 Å². The van der Waals surface area contributed by atoms with Crippen LogP contribution in [0.5, 0.6) is 0 Å². The molecule has 1 aliphatic heterocycles. The van der Waals surface area contributed by atoms with Gasteiger partial charge in [0, 0.05) is 12.7 Å². The zero-order valence-electron chi connectivity index (χ0n) is 13.1. The summed E-state index contributed by atoms with van der Waals surface area (Å²) in [5.74, 6) is -0.445. The maximum atomic E-state index is 12.3. The molecule has 1 fully saturated rings. The summed E-state index contributed by atoms with van der Waals surface area (Å²) >= 11 is 0. The van der Waals surface area contributed by atoms with E-state index in [1.54, 1.807) is 27.9 Å². The quantitative estimate of drug-likeness (QED) is 0.711. The number of nitrogens with zero attached hydrogens (tertiary/aromatic N) is 4. The zero-order chi connectivity index (χ0) is 17.0. The summed E-state index contributed by atoms with van der Waals surface area (Å²) in [7, 11) is 0. The van der Waals surface area contributed by atoms with Crippen LogP contribution < -0.4 is 5.73 Å². The number of carbonyl (C=O) groups excluding carboxylic acids is 2. The van der Waals surface area contributed by atoms with Gasteiger partial charge in [0.1, 0.15) is 0 Å². The van der Waals surface area contributed by atoms with Crippen LogP contribution in [0, 0.1) is 0 Å². The van der Waals surface area contributed by atoms with E-state index in [0.29, 0.717) is 24.5 Å². The lowest BCUT2D eigenvalue weighted by atomic mass is 10.3. The molecule has 1 unspecified atom stereocenters. The third-order valence-electron chi connectivity index (χ3n) is 3.37. The number of rotatable bonds is 8. The summed E-state index contributed by atoms with van der Waals surface area (Å²) in [6.07, 6.45) is 3.35. The van der Waals surface area contributed by atoms with Crippen LogP contribution in [0.2, 0.25) is 0 Å². The predicted octanol–water partition coefficient (Wildman–Crippen LogP) is 0.625. The van der Waals surface area contributed by atoms with Crippen LogP contribution in [0.1, 0.15) is 12.6 Å². The van der Waals surface area contributed by atoms with Gasteiger partial charge in [-0.1, -0.05) is 12.7 Å². The van der Waals surface area contributed by atoms with Gasteiger partial charge in [0.05, 0.1) is 37.0 Å². The van der Waals surface area contributed by atoms with E-state index in [1.807, 2.05) is 6.92 Å². The molecule has 1 atom stereocenters. The van der Waals surface area contributed by atoms with Crippen molar-refractivity contribution in [2.24, 2.45) is 5.73 Å². The largest absolute Gasteiger partial charge is 0.369 e. The van der Waals surface area contributed by atoms with Crippen molar-refractivity contribution in [3.05, 3.63) is 37.2 Å². The van der Waals surface area contributed by atoms with E-state index < -0.39 is 5.91 Å². The number of urea groups is 1. The van der Waals surface area contributed by atoms with Crippen LogP contribution in [-0.4, -0.2) is 57.4 Å². The van der Waals surface area contributed by atoms with Gasteiger partial charge in [-0.15, -0.1) is 6.58 Å². The fourth-order valence-electron chi connectivity index (χ4n) is 2.35. The van der Waals surface area contributed by atoms with Crippen LogP contribution in [-0.2, 0) is 16.1 Å². The Morgan fingerprint density at radius 3 is 3.00 bits per heavy atom. The average Bonchev–Trinajstić information content (AvgIpc) is 3.03. The lowest BCUT2D eigenvalue weighted by Crippen LogP contribution is -2.35. The molecule has 1 aromatic rings. The van der Waals surface area contributed by atoms with Crippen molar-refractivity contribution in [1.29, 1.82) is 0 Å². The Balaban J connectivity index is 1.97. The molecule has 0 aliphatic carbocycles. The molecule has 1 aliphatic rings. The molecule has 8 heteroatoms.